The zero-order valence-electron chi connectivity index (χ0n) is 11.3. The third kappa shape index (κ3) is 2.57. The van der Waals surface area contributed by atoms with Gasteiger partial charge in [0.2, 0.25) is 0 Å². The van der Waals surface area contributed by atoms with Gasteiger partial charge in [0, 0.05) is 11.6 Å². The molecule has 0 aromatic heterocycles. The molecule has 1 fully saturated rings. The first-order valence-electron chi connectivity index (χ1n) is 6.79. The Morgan fingerprint density at radius 3 is 2.60 bits per heavy atom. The normalized spacial score (nSPS) is 18.4. The smallest absolute Gasteiger partial charge is 0.290 e. The van der Waals surface area contributed by atoms with Crippen molar-refractivity contribution in [3.8, 4) is 11.5 Å². The number of methoxy groups -OCH3 is 1. The number of amides is 1. The fourth-order valence-corrected chi connectivity index (χ4v) is 2.53. The molecular formula is C15H16N2O3. The standard InChI is InChI=1S/C15H16N2O3/c1-19-13-7-6-10(12-9-15(18)17-16-12)8-14(13)20-11-4-2-3-5-11/h6-9,11H,2-5H2,1H3. The second-order valence-corrected chi connectivity index (χ2v) is 4.96. The minimum Gasteiger partial charge on any atom is -0.493 e. The minimum atomic E-state index is -0.325. The monoisotopic (exact) mass is 272 g/mol. The highest BCUT2D eigenvalue weighted by atomic mass is 16.5. The van der Waals surface area contributed by atoms with Crippen LogP contribution < -0.4 is 9.47 Å². The Labute approximate surface area is 117 Å². The Morgan fingerprint density at radius 1 is 1.15 bits per heavy atom. The van der Waals surface area contributed by atoms with Gasteiger partial charge in [-0.1, -0.05) is 0 Å². The molecular weight excluding hydrogens is 256 g/mol. The molecule has 0 bridgehead atoms. The van der Waals surface area contributed by atoms with Gasteiger partial charge in [-0.25, -0.2) is 0 Å². The van der Waals surface area contributed by atoms with Crippen LogP contribution in [0.5, 0.6) is 11.5 Å². The first kappa shape index (κ1) is 12.8. The molecule has 0 spiro atoms. The lowest BCUT2D eigenvalue weighted by atomic mass is 10.1. The Hall–Kier alpha value is -2.17. The summed E-state index contributed by atoms with van der Waals surface area (Å²) in [5, 5.41) is 7.35. The van der Waals surface area contributed by atoms with E-state index in [2.05, 4.69) is 10.2 Å². The zero-order chi connectivity index (χ0) is 13.9. The van der Waals surface area contributed by atoms with Gasteiger partial charge in [-0.05, 0) is 43.9 Å². The second kappa shape index (κ2) is 5.45. The summed E-state index contributed by atoms with van der Waals surface area (Å²) < 4.78 is 11.3. The molecule has 1 amide bonds. The van der Waals surface area contributed by atoms with Crippen LogP contribution in [0.2, 0.25) is 0 Å². The number of rotatable bonds is 4. The Balaban J connectivity index is 1.88. The summed E-state index contributed by atoms with van der Waals surface area (Å²) in [7, 11) is 1.62. The van der Waals surface area contributed by atoms with E-state index >= 15 is 0 Å². The summed E-state index contributed by atoms with van der Waals surface area (Å²) in [5.74, 6) is 1.07. The van der Waals surface area contributed by atoms with Gasteiger partial charge in [0.15, 0.2) is 11.5 Å². The highest BCUT2D eigenvalue weighted by Gasteiger charge is 2.19. The van der Waals surface area contributed by atoms with E-state index in [-0.39, 0.29) is 12.0 Å². The van der Waals surface area contributed by atoms with Crippen molar-refractivity contribution in [2.45, 2.75) is 31.8 Å². The molecule has 1 saturated carbocycles. The van der Waals surface area contributed by atoms with Gasteiger partial charge in [0.05, 0.1) is 18.9 Å². The van der Waals surface area contributed by atoms with Crippen molar-refractivity contribution in [1.82, 2.24) is 0 Å². The van der Waals surface area contributed by atoms with Crippen molar-refractivity contribution < 1.29 is 14.3 Å². The summed E-state index contributed by atoms with van der Waals surface area (Å²) in [6.07, 6.45) is 6.24. The molecule has 1 aromatic carbocycles. The maximum absolute atomic E-state index is 11.1. The third-order valence-corrected chi connectivity index (χ3v) is 3.57. The molecule has 0 unspecified atom stereocenters. The Kier molecular flexibility index (Phi) is 3.50. The fraction of sp³-hybridized carbons (Fsp3) is 0.400. The van der Waals surface area contributed by atoms with E-state index in [1.807, 2.05) is 18.2 Å². The number of carbonyl (C=O) groups is 1. The Bertz CT molecular complexity index is 587. The van der Waals surface area contributed by atoms with Gasteiger partial charge in [0.1, 0.15) is 0 Å². The van der Waals surface area contributed by atoms with Crippen molar-refractivity contribution in [1.29, 1.82) is 0 Å². The quantitative estimate of drug-likeness (QED) is 0.844. The molecule has 5 heteroatoms. The first-order valence-corrected chi connectivity index (χ1v) is 6.79. The van der Waals surface area contributed by atoms with Crippen LogP contribution in [0, 0.1) is 0 Å². The van der Waals surface area contributed by atoms with Crippen LogP contribution in [0.1, 0.15) is 31.2 Å². The molecule has 0 atom stereocenters. The van der Waals surface area contributed by atoms with Crippen molar-refractivity contribution in [2.24, 2.45) is 10.2 Å². The lowest BCUT2D eigenvalue weighted by Gasteiger charge is -2.16. The minimum absolute atomic E-state index is 0.250. The molecule has 2 aliphatic rings. The predicted octanol–water partition coefficient (Wildman–Crippen LogP) is 3.35. The van der Waals surface area contributed by atoms with Gasteiger partial charge >= 0.3 is 0 Å². The van der Waals surface area contributed by atoms with Crippen molar-refractivity contribution in [3.63, 3.8) is 0 Å². The largest absolute Gasteiger partial charge is 0.493 e. The summed E-state index contributed by atoms with van der Waals surface area (Å²) >= 11 is 0. The van der Waals surface area contributed by atoms with Crippen molar-refractivity contribution in [2.75, 3.05) is 7.11 Å². The Morgan fingerprint density at radius 2 is 1.95 bits per heavy atom. The van der Waals surface area contributed by atoms with Crippen LogP contribution >= 0.6 is 0 Å². The lowest BCUT2D eigenvalue weighted by molar-refractivity contribution is -0.113. The number of nitrogens with zero attached hydrogens (tertiary/aromatic N) is 2. The van der Waals surface area contributed by atoms with E-state index in [0.717, 1.165) is 18.4 Å². The number of benzene rings is 1. The summed E-state index contributed by atoms with van der Waals surface area (Å²) in [4.78, 5) is 11.1. The van der Waals surface area contributed by atoms with Gasteiger partial charge in [-0.15, -0.1) is 10.2 Å². The molecule has 0 radical (unpaired) electrons. The molecule has 1 aliphatic carbocycles. The zero-order valence-corrected chi connectivity index (χ0v) is 11.3. The molecule has 1 aliphatic heterocycles. The topological polar surface area (TPSA) is 60.2 Å². The molecule has 20 heavy (non-hydrogen) atoms. The molecule has 1 heterocycles. The molecule has 1 aromatic rings. The first-order chi connectivity index (χ1) is 9.76. The SMILES string of the molecule is COc1ccc(C2=CC(=O)N=N2)cc1OC1CCCC1. The van der Waals surface area contributed by atoms with Crippen LogP contribution in [0.25, 0.3) is 5.70 Å². The van der Waals surface area contributed by atoms with Crippen LogP contribution in [-0.2, 0) is 4.79 Å². The number of hydrogen-bond donors (Lipinski definition) is 0. The fourth-order valence-electron chi connectivity index (χ4n) is 2.53. The molecule has 5 nitrogen and oxygen atoms in total. The average molecular weight is 272 g/mol. The van der Waals surface area contributed by atoms with E-state index in [1.54, 1.807) is 7.11 Å². The maximum Gasteiger partial charge on any atom is 0.290 e. The highest BCUT2D eigenvalue weighted by Crippen LogP contribution is 2.35. The van der Waals surface area contributed by atoms with E-state index in [9.17, 15) is 4.79 Å². The van der Waals surface area contributed by atoms with E-state index in [4.69, 9.17) is 9.47 Å². The molecule has 0 N–H and O–H groups in total. The summed E-state index contributed by atoms with van der Waals surface area (Å²) in [6, 6.07) is 5.54. The number of carbonyl (C=O) groups excluding carboxylic acids is 1. The van der Waals surface area contributed by atoms with Crippen LogP contribution in [0.3, 0.4) is 0 Å². The van der Waals surface area contributed by atoms with Gasteiger partial charge in [-0.2, -0.15) is 0 Å². The third-order valence-electron chi connectivity index (χ3n) is 3.57. The molecule has 3 rings (SSSR count). The average Bonchev–Trinajstić information content (AvgIpc) is 3.10. The van der Waals surface area contributed by atoms with Crippen LogP contribution in [-0.4, -0.2) is 19.1 Å². The second-order valence-electron chi connectivity index (χ2n) is 4.96. The number of hydrogen-bond acceptors (Lipinski definition) is 4. The maximum atomic E-state index is 11.1. The van der Waals surface area contributed by atoms with E-state index < -0.39 is 0 Å². The van der Waals surface area contributed by atoms with Crippen molar-refractivity contribution in [3.05, 3.63) is 29.8 Å². The molecule has 104 valence electrons. The van der Waals surface area contributed by atoms with Crippen LogP contribution in [0.4, 0.5) is 0 Å². The highest BCUT2D eigenvalue weighted by molar-refractivity contribution is 5.98. The van der Waals surface area contributed by atoms with Gasteiger partial charge in [-0.3, -0.25) is 4.79 Å². The van der Waals surface area contributed by atoms with E-state index in [1.165, 1.54) is 18.9 Å². The van der Waals surface area contributed by atoms with E-state index in [0.29, 0.717) is 17.2 Å². The molecule has 0 saturated heterocycles. The van der Waals surface area contributed by atoms with Gasteiger partial charge in [0.25, 0.3) is 5.91 Å². The summed E-state index contributed by atoms with van der Waals surface area (Å²) in [5.41, 5.74) is 1.38. The van der Waals surface area contributed by atoms with Gasteiger partial charge < -0.3 is 9.47 Å². The number of azo groups is 1. The summed E-state index contributed by atoms with van der Waals surface area (Å²) in [6.45, 7) is 0. The predicted molar refractivity (Wildman–Crippen MR) is 73.7 cm³/mol. The van der Waals surface area contributed by atoms with Crippen LogP contribution in [0.15, 0.2) is 34.5 Å². The van der Waals surface area contributed by atoms with Crippen molar-refractivity contribution >= 4 is 11.6 Å². The number of ether oxygens (including phenoxy) is 2. The lowest BCUT2D eigenvalue weighted by Crippen LogP contribution is -2.11.